The highest BCUT2D eigenvalue weighted by Gasteiger charge is 2.07. The Morgan fingerprint density at radius 2 is 1.94 bits per heavy atom. The van der Waals surface area contributed by atoms with Crippen LogP contribution in [0.25, 0.3) is 0 Å². The SMILES string of the molecule is CCCC(CSc1nc(C)cc(C)n1)NC. The van der Waals surface area contributed by atoms with E-state index >= 15 is 0 Å². The van der Waals surface area contributed by atoms with Crippen molar-refractivity contribution in [3.8, 4) is 0 Å². The van der Waals surface area contributed by atoms with Crippen LogP contribution in [0, 0.1) is 13.8 Å². The van der Waals surface area contributed by atoms with Crippen LogP contribution in [-0.4, -0.2) is 28.8 Å². The van der Waals surface area contributed by atoms with E-state index in [4.69, 9.17) is 0 Å². The smallest absolute Gasteiger partial charge is 0.188 e. The topological polar surface area (TPSA) is 37.8 Å². The van der Waals surface area contributed by atoms with Gasteiger partial charge in [0.15, 0.2) is 5.16 Å². The summed E-state index contributed by atoms with van der Waals surface area (Å²) in [6.07, 6.45) is 2.41. The molecule has 1 rings (SSSR count). The summed E-state index contributed by atoms with van der Waals surface area (Å²) in [7, 11) is 2.02. The monoisotopic (exact) mass is 239 g/mol. The lowest BCUT2D eigenvalue weighted by Gasteiger charge is -2.13. The second-order valence-corrected chi connectivity index (χ2v) is 5.01. The summed E-state index contributed by atoms with van der Waals surface area (Å²) in [6.45, 7) is 6.24. The Morgan fingerprint density at radius 1 is 1.31 bits per heavy atom. The molecule has 1 N–H and O–H groups in total. The summed E-state index contributed by atoms with van der Waals surface area (Å²) < 4.78 is 0. The maximum atomic E-state index is 4.42. The number of nitrogens with zero attached hydrogens (tertiary/aromatic N) is 2. The van der Waals surface area contributed by atoms with Crippen LogP contribution < -0.4 is 5.32 Å². The van der Waals surface area contributed by atoms with Crippen molar-refractivity contribution in [1.29, 1.82) is 0 Å². The van der Waals surface area contributed by atoms with Crippen LogP contribution in [0.1, 0.15) is 31.2 Å². The van der Waals surface area contributed by atoms with Crippen LogP contribution in [0.2, 0.25) is 0 Å². The van der Waals surface area contributed by atoms with Gasteiger partial charge in [-0.2, -0.15) is 0 Å². The molecule has 0 aliphatic heterocycles. The number of aromatic nitrogens is 2. The van der Waals surface area contributed by atoms with Gasteiger partial charge in [0, 0.05) is 23.2 Å². The quantitative estimate of drug-likeness (QED) is 0.611. The molecule has 0 saturated heterocycles. The van der Waals surface area contributed by atoms with Crippen LogP contribution >= 0.6 is 11.8 Å². The van der Waals surface area contributed by atoms with Gasteiger partial charge in [0.1, 0.15) is 0 Å². The molecule has 0 aliphatic rings. The first-order valence-electron chi connectivity index (χ1n) is 5.78. The molecule has 0 bridgehead atoms. The van der Waals surface area contributed by atoms with E-state index in [2.05, 4.69) is 22.2 Å². The van der Waals surface area contributed by atoms with Gasteiger partial charge in [-0.05, 0) is 33.4 Å². The van der Waals surface area contributed by atoms with Gasteiger partial charge in [0.05, 0.1) is 0 Å². The first-order chi connectivity index (χ1) is 7.65. The highest BCUT2D eigenvalue weighted by Crippen LogP contribution is 2.16. The average Bonchev–Trinajstić information content (AvgIpc) is 2.23. The van der Waals surface area contributed by atoms with Crippen LogP contribution in [0.15, 0.2) is 11.2 Å². The van der Waals surface area contributed by atoms with E-state index in [1.165, 1.54) is 12.8 Å². The van der Waals surface area contributed by atoms with Crippen molar-refractivity contribution < 1.29 is 0 Å². The number of thioether (sulfide) groups is 1. The molecule has 1 aromatic rings. The van der Waals surface area contributed by atoms with Crippen molar-refractivity contribution in [3.63, 3.8) is 0 Å². The minimum atomic E-state index is 0.555. The van der Waals surface area contributed by atoms with Crippen LogP contribution in [0.5, 0.6) is 0 Å². The Labute approximate surface area is 102 Å². The molecule has 0 spiro atoms. The van der Waals surface area contributed by atoms with E-state index in [9.17, 15) is 0 Å². The number of hydrogen-bond acceptors (Lipinski definition) is 4. The predicted molar refractivity (Wildman–Crippen MR) is 70.0 cm³/mol. The maximum absolute atomic E-state index is 4.42. The van der Waals surface area contributed by atoms with Crippen molar-refractivity contribution in [2.45, 2.75) is 44.8 Å². The van der Waals surface area contributed by atoms with E-state index in [0.717, 1.165) is 22.3 Å². The molecule has 1 unspecified atom stereocenters. The Bertz CT molecular complexity index is 308. The lowest BCUT2D eigenvalue weighted by atomic mass is 10.2. The molecule has 1 heterocycles. The molecule has 1 atom stereocenters. The first-order valence-corrected chi connectivity index (χ1v) is 6.76. The third kappa shape index (κ3) is 4.49. The summed E-state index contributed by atoms with van der Waals surface area (Å²) >= 11 is 1.74. The highest BCUT2D eigenvalue weighted by atomic mass is 32.2. The second-order valence-electron chi connectivity index (χ2n) is 4.02. The van der Waals surface area contributed by atoms with E-state index in [-0.39, 0.29) is 0 Å². The summed E-state index contributed by atoms with van der Waals surface area (Å²) in [5.74, 6) is 1.03. The van der Waals surface area contributed by atoms with Crippen LogP contribution in [0.3, 0.4) is 0 Å². The molecular formula is C12H21N3S. The number of rotatable bonds is 6. The Morgan fingerprint density at radius 3 is 2.44 bits per heavy atom. The minimum absolute atomic E-state index is 0.555. The Kier molecular flexibility index (Phi) is 5.77. The highest BCUT2D eigenvalue weighted by molar-refractivity contribution is 7.99. The van der Waals surface area contributed by atoms with Crippen molar-refractivity contribution in [2.24, 2.45) is 0 Å². The summed E-state index contributed by atoms with van der Waals surface area (Å²) in [6, 6.07) is 2.56. The van der Waals surface area contributed by atoms with Gasteiger partial charge >= 0.3 is 0 Å². The third-order valence-corrected chi connectivity index (χ3v) is 3.43. The van der Waals surface area contributed by atoms with E-state index < -0.39 is 0 Å². The van der Waals surface area contributed by atoms with Crippen LogP contribution in [0.4, 0.5) is 0 Å². The van der Waals surface area contributed by atoms with Crippen molar-refractivity contribution in [2.75, 3.05) is 12.8 Å². The van der Waals surface area contributed by atoms with E-state index in [1.54, 1.807) is 11.8 Å². The Balaban J connectivity index is 2.52. The van der Waals surface area contributed by atoms with Gasteiger partial charge in [-0.25, -0.2) is 9.97 Å². The third-order valence-electron chi connectivity index (χ3n) is 2.42. The molecule has 3 nitrogen and oxygen atoms in total. The van der Waals surface area contributed by atoms with E-state index in [1.807, 2.05) is 27.0 Å². The van der Waals surface area contributed by atoms with Gasteiger partial charge in [0.25, 0.3) is 0 Å². The van der Waals surface area contributed by atoms with Crippen molar-refractivity contribution >= 4 is 11.8 Å². The summed E-state index contributed by atoms with van der Waals surface area (Å²) in [4.78, 5) is 8.85. The second kappa shape index (κ2) is 6.86. The zero-order valence-corrected chi connectivity index (χ0v) is 11.4. The maximum Gasteiger partial charge on any atom is 0.188 e. The molecule has 0 saturated carbocycles. The minimum Gasteiger partial charge on any atom is -0.316 e. The molecule has 0 radical (unpaired) electrons. The molecule has 0 amide bonds. The van der Waals surface area contributed by atoms with Crippen LogP contribution in [-0.2, 0) is 0 Å². The molecule has 90 valence electrons. The van der Waals surface area contributed by atoms with Gasteiger partial charge in [-0.3, -0.25) is 0 Å². The largest absolute Gasteiger partial charge is 0.316 e. The fraction of sp³-hybridized carbons (Fsp3) is 0.667. The normalized spacial score (nSPS) is 12.8. The number of aryl methyl sites for hydroxylation is 2. The molecule has 0 aliphatic carbocycles. The van der Waals surface area contributed by atoms with Gasteiger partial charge in [-0.15, -0.1) is 0 Å². The molecule has 4 heteroatoms. The lowest BCUT2D eigenvalue weighted by Crippen LogP contribution is -2.27. The van der Waals surface area contributed by atoms with Crippen molar-refractivity contribution in [1.82, 2.24) is 15.3 Å². The standard InChI is InChI=1S/C12H21N3S/c1-5-6-11(13-4)8-16-12-14-9(2)7-10(3)15-12/h7,11,13H,5-6,8H2,1-4H3. The van der Waals surface area contributed by atoms with E-state index in [0.29, 0.717) is 6.04 Å². The zero-order valence-electron chi connectivity index (χ0n) is 10.6. The van der Waals surface area contributed by atoms with Crippen molar-refractivity contribution in [3.05, 3.63) is 17.5 Å². The number of nitrogens with one attached hydrogen (secondary N) is 1. The predicted octanol–water partition coefficient (Wildman–Crippen LogP) is 2.57. The first kappa shape index (κ1) is 13.5. The van der Waals surface area contributed by atoms with Gasteiger partial charge in [-0.1, -0.05) is 25.1 Å². The fourth-order valence-corrected chi connectivity index (χ4v) is 2.69. The molecule has 1 aromatic heterocycles. The molecule has 0 aromatic carbocycles. The fourth-order valence-electron chi connectivity index (χ4n) is 1.59. The van der Waals surface area contributed by atoms with Gasteiger partial charge < -0.3 is 5.32 Å². The molecular weight excluding hydrogens is 218 g/mol. The molecule has 16 heavy (non-hydrogen) atoms. The molecule has 0 fully saturated rings. The number of hydrogen-bond donors (Lipinski definition) is 1. The Hall–Kier alpha value is -0.610. The summed E-state index contributed by atoms with van der Waals surface area (Å²) in [5.41, 5.74) is 2.10. The lowest BCUT2D eigenvalue weighted by molar-refractivity contribution is 0.564. The van der Waals surface area contributed by atoms with Gasteiger partial charge in [0.2, 0.25) is 0 Å². The summed E-state index contributed by atoms with van der Waals surface area (Å²) in [5, 5.41) is 4.22. The zero-order chi connectivity index (χ0) is 12.0. The average molecular weight is 239 g/mol.